The van der Waals surface area contributed by atoms with E-state index < -0.39 is 0 Å². The number of hydrogen-bond acceptors (Lipinski definition) is 3. The molecule has 3 rings (SSSR count). The monoisotopic (exact) mass is 335 g/mol. The molecule has 2 aromatic carbocycles. The molecule has 1 aliphatic rings. The fourth-order valence-corrected chi connectivity index (χ4v) is 2.95. The van der Waals surface area contributed by atoms with Crippen LogP contribution in [0.15, 0.2) is 48.5 Å². The smallest absolute Gasteiger partial charge is 0.251 e. The Labute approximate surface area is 147 Å². The molecule has 0 N–H and O–H groups in total. The van der Waals surface area contributed by atoms with Gasteiger partial charge in [-0.05, 0) is 67.8 Å². The van der Waals surface area contributed by atoms with Gasteiger partial charge in [0.2, 0.25) is 0 Å². The van der Waals surface area contributed by atoms with Gasteiger partial charge >= 0.3 is 0 Å². The molecule has 0 saturated heterocycles. The highest BCUT2D eigenvalue weighted by Crippen LogP contribution is 2.29. The summed E-state index contributed by atoms with van der Waals surface area (Å²) in [4.78, 5) is 25.8. The number of amides is 1. The maximum Gasteiger partial charge on any atom is 0.251 e. The zero-order valence-corrected chi connectivity index (χ0v) is 14.5. The van der Waals surface area contributed by atoms with Gasteiger partial charge in [0.05, 0.1) is 6.61 Å². The van der Waals surface area contributed by atoms with Crippen molar-refractivity contribution in [2.75, 3.05) is 18.1 Å². The number of carbonyl (C=O) groups is 2. The lowest BCUT2D eigenvalue weighted by molar-refractivity contribution is -0.114. The zero-order valence-electron chi connectivity index (χ0n) is 14.5. The van der Waals surface area contributed by atoms with Crippen molar-refractivity contribution in [1.29, 1.82) is 0 Å². The predicted molar refractivity (Wildman–Crippen MR) is 99.1 cm³/mol. The van der Waals surface area contributed by atoms with E-state index >= 15 is 0 Å². The van der Waals surface area contributed by atoms with E-state index in [0.717, 1.165) is 29.0 Å². The summed E-state index contributed by atoms with van der Waals surface area (Å²) in [6.07, 6.45) is 4.17. The molecule has 0 spiro atoms. The second kappa shape index (κ2) is 7.34. The van der Waals surface area contributed by atoms with Crippen molar-refractivity contribution in [1.82, 2.24) is 0 Å². The minimum absolute atomic E-state index is 0.0444. The number of rotatable bonds is 5. The number of fused-ring (bicyclic) bond motifs is 1. The van der Waals surface area contributed by atoms with Gasteiger partial charge in [-0.25, -0.2) is 0 Å². The summed E-state index contributed by atoms with van der Waals surface area (Å²) in [7, 11) is 0. The van der Waals surface area contributed by atoms with Crippen molar-refractivity contribution in [3.05, 3.63) is 65.2 Å². The topological polar surface area (TPSA) is 46.6 Å². The van der Waals surface area contributed by atoms with Gasteiger partial charge in [0, 0.05) is 23.9 Å². The average Bonchev–Trinajstić information content (AvgIpc) is 3.04. The van der Waals surface area contributed by atoms with Crippen molar-refractivity contribution in [3.63, 3.8) is 0 Å². The molecule has 1 aliphatic heterocycles. The van der Waals surface area contributed by atoms with Crippen LogP contribution >= 0.6 is 0 Å². The number of Topliss-reactive ketones (excluding diaryl/α,β-unsaturated/α-hetero) is 1. The van der Waals surface area contributed by atoms with E-state index in [0.29, 0.717) is 18.7 Å². The Bertz CT molecular complexity index is 822. The minimum atomic E-state index is -0.0526. The van der Waals surface area contributed by atoms with Crippen LogP contribution in [0.4, 0.5) is 5.69 Å². The number of hydrogen-bond donors (Lipinski definition) is 0. The average molecular weight is 335 g/mol. The number of carbonyl (C=O) groups excluding carboxylic acids is 2. The molecule has 128 valence electrons. The first-order chi connectivity index (χ1) is 12.1. The van der Waals surface area contributed by atoms with Crippen molar-refractivity contribution >= 4 is 23.5 Å². The molecule has 0 atom stereocenters. The molecule has 2 aromatic rings. The van der Waals surface area contributed by atoms with Crippen molar-refractivity contribution < 1.29 is 14.3 Å². The fraction of sp³-hybridized carbons (Fsp3) is 0.238. The summed E-state index contributed by atoms with van der Waals surface area (Å²) in [5, 5.41) is 0. The number of ketones is 1. The normalized spacial score (nSPS) is 13.1. The van der Waals surface area contributed by atoms with Gasteiger partial charge in [0.25, 0.3) is 5.91 Å². The number of benzene rings is 2. The van der Waals surface area contributed by atoms with Crippen LogP contribution in [0.1, 0.15) is 35.3 Å². The molecule has 0 aliphatic carbocycles. The summed E-state index contributed by atoms with van der Waals surface area (Å²) in [5.41, 5.74) is 3.59. The molecule has 0 radical (unpaired) electrons. The van der Waals surface area contributed by atoms with E-state index in [1.807, 2.05) is 43.3 Å². The quantitative estimate of drug-likeness (QED) is 0.615. The number of anilines is 1. The Morgan fingerprint density at radius 2 is 1.92 bits per heavy atom. The Morgan fingerprint density at radius 1 is 1.16 bits per heavy atom. The summed E-state index contributed by atoms with van der Waals surface area (Å²) >= 11 is 0. The molecule has 0 bridgehead atoms. The third kappa shape index (κ3) is 3.79. The highest BCUT2D eigenvalue weighted by molar-refractivity contribution is 6.05. The SMILES string of the molecule is CCOc1ccc(/C=C/C(=O)N2CCc3cc(C(C)=O)ccc32)cc1. The molecule has 4 heteroatoms. The van der Waals surface area contributed by atoms with Crippen molar-refractivity contribution in [3.8, 4) is 5.75 Å². The Balaban J connectivity index is 1.71. The molecule has 0 saturated carbocycles. The molecule has 4 nitrogen and oxygen atoms in total. The predicted octanol–water partition coefficient (Wildman–Crippen LogP) is 3.89. The lowest BCUT2D eigenvalue weighted by Crippen LogP contribution is -2.26. The van der Waals surface area contributed by atoms with Crippen LogP contribution in [0.3, 0.4) is 0 Å². The minimum Gasteiger partial charge on any atom is -0.494 e. The van der Waals surface area contributed by atoms with E-state index in [2.05, 4.69) is 0 Å². The zero-order chi connectivity index (χ0) is 17.8. The van der Waals surface area contributed by atoms with Crippen LogP contribution < -0.4 is 9.64 Å². The largest absolute Gasteiger partial charge is 0.494 e. The first kappa shape index (κ1) is 17.0. The summed E-state index contributed by atoms with van der Waals surface area (Å²) in [6, 6.07) is 13.2. The van der Waals surface area contributed by atoms with E-state index in [1.165, 1.54) is 0 Å². The molecule has 1 heterocycles. The maximum atomic E-state index is 12.5. The molecule has 25 heavy (non-hydrogen) atoms. The van der Waals surface area contributed by atoms with Gasteiger partial charge in [-0.3, -0.25) is 9.59 Å². The van der Waals surface area contributed by atoms with Crippen LogP contribution in [-0.2, 0) is 11.2 Å². The van der Waals surface area contributed by atoms with Crippen molar-refractivity contribution in [2.24, 2.45) is 0 Å². The Hall–Kier alpha value is -2.88. The van der Waals surface area contributed by atoms with Crippen LogP contribution in [0.25, 0.3) is 6.08 Å². The highest BCUT2D eigenvalue weighted by Gasteiger charge is 2.23. The lowest BCUT2D eigenvalue weighted by Gasteiger charge is -2.15. The standard InChI is InChI=1S/C21H21NO3/c1-3-25-19-8-4-16(5-9-19)6-11-21(24)22-13-12-18-14-17(15(2)23)7-10-20(18)22/h4-11,14H,3,12-13H2,1-2H3/b11-6+. The van der Waals surface area contributed by atoms with E-state index in [-0.39, 0.29) is 11.7 Å². The van der Waals surface area contributed by atoms with Gasteiger partial charge in [0.1, 0.15) is 5.75 Å². The summed E-state index contributed by atoms with van der Waals surface area (Å²) in [5.74, 6) is 0.812. The lowest BCUT2D eigenvalue weighted by atomic mass is 10.1. The van der Waals surface area contributed by atoms with Gasteiger partial charge < -0.3 is 9.64 Å². The highest BCUT2D eigenvalue weighted by atomic mass is 16.5. The van der Waals surface area contributed by atoms with Crippen LogP contribution in [0.5, 0.6) is 5.75 Å². The number of ether oxygens (including phenoxy) is 1. The Morgan fingerprint density at radius 3 is 2.60 bits per heavy atom. The summed E-state index contributed by atoms with van der Waals surface area (Å²) < 4.78 is 5.41. The van der Waals surface area contributed by atoms with Crippen molar-refractivity contribution in [2.45, 2.75) is 20.3 Å². The van der Waals surface area contributed by atoms with Gasteiger partial charge in [-0.15, -0.1) is 0 Å². The van der Waals surface area contributed by atoms with Crippen LogP contribution in [0.2, 0.25) is 0 Å². The molecule has 1 amide bonds. The molecule has 0 fully saturated rings. The first-order valence-corrected chi connectivity index (χ1v) is 8.45. The fourth-order valence-electron chi connectivity index (χ4n) is 2.95. The van der Waals surface area contributed by atoms with E-state index in [9.17, 15) is 9.59 Å². The molecule has 0 unspecified atom stereocenters. The second-order valence-electron chi connectivity index (χ2n) is 5.97. The molecule has 0 aromatic heterocycles. The van der Waals surface area contributed by atoms with E-state index in [4.69, 9.17) is 4.74 Å². The second-order valence-corrected chi connectivity index (χ2v) is 5.97. The van der Waals surface area contributed by atoms with Crippen LogP contribution in [0, 0.1) is 0 Å². The first-order valence-electron chi connectivity index (χ1n) is 8.45. The summed E-state index contributed by atoms with van der Waals surface area (Å²) in [6.45, 7) is 4.77. The third-order valence-corrected chi connectivity index (χ3v) is 4.26. The van der Waals surface area contributed by atoms with Gasteiger partial charge in [0.15, 0.2) is 5.78 Å². The molecular weight excluding hydrogens is 314 g/mol. The van der Waals surface area contributed by atoms with Gasteiger partial charge in [-0.1, -0.05) is 12.1 Å². The third-order valence-electron chi connectivity index (χ3n) is 4.26. The molecular formula is C21H21NO3. The van der Waals surface area contributed by atoms with E-state index in [1.54, 1.807) is 30.0 Å². The Kier molecular flexibility index (Phi) is 4.98. The number of nitrogens with zero attached hydrogens (tertiary/aromatic N) is 1. The maximum absolute atomic E-state index is 12.5. The van der Waals surface area contributed by atoms with Crippen LogP contribution in [-0.4, -0.2) is 24.8 Å². The van der Waals surface area contributed by atoms with Gasteiger partial charge in [-0.2, -0.15) is 0 Å².